The summed E-state index contributed by atoms with van der Waals surface area (Å²) in [6.07, 6.45) is 2.25. The van der Waals surface area contributed by atoms with Crippen LogP contribution in [0.5, 0.6) is 0 Å². The normalized spacial score (nSPS) is 11.4. The number of ether oxygens (including phenoxy) is 8. The van der Waals surface area contributed by atoms with E-state index in [0.717, 1.165) is 19.4 Å². The van der Waals surface area contributed by atoms with Crippen molar-refractivity contribution >= 4 is 11.6 Å². The van der Waals surface area contributed by atoms with Crippen molar-refractivity contribution in [2.24, 2.45) is 0 Å². The van der Waals surface area contributed by atoms with E-state index in [9.17, 15) is 0 Å². The van der Waals surface area contributed by atoms with Gasteiger partial charge in [-0.1, -0.05) is 13.3 Å². The highest BCUT2D eigenvalue weighted by Crippen LogP contribution is 1.88. The third-order valence-electron chi connectivity index (χ3n) is 3.47. The number of alkyl halides is 1. The van der Waals surface area contributed by atoms with Crippen LogP contribution in [0.15, 0.2) is 0 Å². The van der Waals surface area contributed by atoms with Crippen molar-refractivity contribution in [2.45, 2.75) is 19.8 Å². The summed E-state index contributed by atoms with van der Waals surface area (Å²) in [4.78, 5) is 0. The molecule has 0 aromatic carbocycles. The third-order valence-corrected chi connectivity index (χ3v) is 3.62. The minimum atomic E-state index is 0.507. The lowest BCUT2D eigenvalue weighted by Gasteiger charge is -2.08. The third kappa shape index (κ3) is 28.0. The molecule has 176 valence electrons. The van der Waals surface area contributed by atoms with Crippen LogP contribution in [-0.2, 0) is 37.9 Å². The first-order chi connectivity index (χ1) is 14.4. The van der Waals surface area contributed by atoms with Crippen molar-refractivity contribution < 1.29 is 37.9 Å². The molecule has 0 radical (unpaired) electrons. The summed E-state index contributed by atoms with van der Waals surface area (Å²) >= 11 is 5.49. The van der Waals surface area contributed by atoms with Crippen LogP contribution >= 0.6 is 11.6 Å². The fourth-order valence-corrected chi connectivity index (χ4v) is 2.05. The van der Waals surface area contributed by atoms with Crippen molar-refractivity contribution in [3.63, 3.8) is 0 Å². The molecule has 0 bridgehead atoms. The van der Waals surface area contributed by atoms with E-state index in [2.05, 4.69) is 6.92 Å². The molecule has 0 amide bonds. The lowest BCUT2D eigenvalue weighted by Crippen LogP contribution is -2.15. The Morgan fingerprint density at radius 2 is 0.621 bits per heavy atom. The van der Waals surface area contributed by atoms with E-state index in [0.29, 0.717) is 105 Å². The van der Waals surface area contributed by atoms with Gasteiger partial charge >= 0.3 is 0 Å². The number of rotatable bonds is 26. The van der Waals surface area contributed by atoms with E-state index in [-0.39, 0.29) is 0 Å². The Morgan fingerprint density at radius 3 is 0.862 bits per heavy atom. The van der Waals surface area contributed by atoms with Gasteiger partial charge in [-0.3, -0.25) is 0 Å². The molecule has 0 aromatic heterocycles. The summed E-state index contributed by atoms with van der Waals surface area (Å²) in [5, 5.41) is 0. The Balaban J connectivity index is 2.97. The first-order valence-corrected chi connectivity index (χ1v) is 11.1. The molecule has 0 fully saturated rings. The zero-order valence-electron chi connectivity index (χ0n) is 18.1. The molecular weight excluding hydrogens is 404 g/mol. The van der Waals surface area contributed by atoms with E-state index < -0.39 is 0 Å². The lowest BCUT2D eigenvalue weighted by molar-refractivity contribution is -0.0228. The van der Waals surface area contributed by atoms with Gasteiger partial charge in [0.2, 0.25) is 0 Å². The Bertz CT molecular complexity index is 261. The Kier molecular flexibility index (Phi) is 27.9. The van der Waals surface area contributed by atoms with Crippen LogP contribution in [0, 0.1) is 0 Å². The van der Waals surface area contributed by atoms with E-state index in [1.807, 2.05) is 0 Å². The molecule has 0 heterocycles. The summed E-state index contributed by atoms with van der Waals surface area (Å²) in [5.41, 5.74) is 0. The summed E-state index contributed by atoms with van der Waals surface area (Å²) in [6.45, 7) is 11.4. The Hall–Kier alpha value is -0.0300. The van der Waals surface area contributed by atoms with Crippen molar-refractivity contribution in [2.75, 3.05) is 112 Å². The number of halogens is 1. The second kappa shape index (κ2) is 28.0. The molecule has 0 N–H and O–H groups in total. The molecule has 0 unspecified atom stereocenters. The molecular formula is C20H41ClO8. The number of unbranched alkanes of at least 4 members (excludes halogenated alkanes) is 1. The van der Waals surface area contributed by atoms with Gasteiger partial charge in [0.05, 0.1) is 99.1 Å². The van der Waals surface area contributed by atoms with Crippen LogP contribution in [0.2, 0.25) is 0 Å². The fourth-order valence-electron chi connectivity index (χ4n) is 1.94. The highest BCUT2D eigenvalue weighted by atomic mass is 35.5. The molecule has 0 aliphatic heterocycles. The van der Waals surface area contributed by atoms with Gasteiger partial charge in [-0.25, -0.2) is 0 Å². The SMILES string of the molecule is CCCCOCCOCCOCCOCCOCCOCCOCCOCCCl. The van der Waals surface area contributed by atoms with E-state index in [4.69, 9.17) is 49.5 Å². The predicted octanol–water partition coefficient (Wildman–Crippen LogP) is 2.16. The maximum absolute atomic E-state index is 5.49. The minimum Gasteiger partial charge on any atom is -0.379 e. The van der Waals surface area contributed by atoms with Crippen LogP contribution < -0.4 is 0 Å². The van der Waals surface area contributed by atoms with Crippen LogP contribution in [0.4, 0.5) is 0 Å². The summed E-state index contributed by atoms with van der Waals surface area (Å²) in [7, 11) is 0. The zero-order valence-corrected chi connectivity index (χ0v) is 18.8. The maximum Gasteiger partial charge on any atom is 0.0701 e. The molecule has 0 rings (SSSR count). The Morgan fingerprint density at radius 1 is 0.379 bits per heavy atom. The van der Waals surface area contributed by atoms with Crippen LogP contribution in [0.25, 0.3) is 0 Å². The smallest absolute Gasteiger partial charge is 0.0701 e. The zero-order chi connectivity index (χ0) is 21.1. The molecule has 9 heteroatoms. The van der Waals surface area contributed by atoms with Gasteiger partial charge in [0.15, 0.2) is 0 Å². The highest BCUT2D eigenvalue weighted by molar-refractivity contribution is 6.17. The van der Waals surface area contributed by atoms with Gasteiger partial charge in [-0.15, -0.1) is 11.6 Å². The topological polar surface area (TPSA) is 73.8 Å². The van der Waals surface area contributed by atoms with Crippen molar-refractivity contribution in [1.82, 2.24) is 0 Å². The van der Waals surface area contributed by atoms with Crippen molar-refractivity contribution in [1.29, 1.82) is 0 Å². The molecule has 0 aliphatic rings. The molecule has 0 atom stereocenters. The average molecular weight is 445 g/mol. The summed E-state index contributed by atoms with van der Waals surface area (Å²) < 4.78 is 43.0. The quantitative estimate of drug-likeness (QED) is 0.148. The number of hydrogen-bond donors (Lipinski definition) is 0. The van der Waals surface area contributed by atoms with Crippen LogP contribution in [-0.4, -0.2) is 112 Å². The van der Waals surface area contributed by atoms with Gasteiger partial charge in [-0.05, 0) is 6.42 Å². The molecule has 0 spiro atoms. The first kappa shape index (κ1) is 29.0. The molecule has 0 saturated carbocycles. The molecule has 8 nitrogen and oxygen atoms in total. The lowest BCUT2D eigenvalue weighted by atomic mass is 10.4. The first-order valence-electron chi connectivity index (χ1n) is 10.6. The van der Waals surface area contributed by atoms with Gasteiger partial charge in [0.25, 0.3) is 0 Å². The minimum absolute atomic E-state index is 0.507. The monoisotopic (exact) mass is 444 g/mol. The number of hydrogen-bond acceptors (Lipinski definition) is 8. The highest BCUT2D eigenvalue weighted by Gasteiger charge is 1.95. The average Bonchev–Trinajstić information content (AvgIpc) is 2.74. The van der Waals surface area contributed by atoms with Crippen LogP contribution in [0.1, 0.15) is 19.8 Å². The largest absolute Gasteiger partial charge is 0.379 e. The standard InChI is InChI=1S/C20H41ClO8/c1-2-3-5-22-7-9-24-11-13-26-15-17-28-19-20-29-18-16-27-14-12-25-10-8-23-6-4-21/h2-20H2,1H3. The molecule has 0 saturated heterocycles. The van der Waals surface area contributed by atoms with E-state index in [1.165, 1.54) is 0 Å². The molecule has 29 heavy (non-hydrogen) atoms. The Labute approximate surface area is 181 Å². The second-order valence-corrected chi connectivity index (χ2v) is 6.32. The van der Waals surface area contributed by atoms with Gasteiger partial charge in [0.1, 0.15) is 0 Å². The van der Waals surface area contributed by atoms with Gasteiger partial charge in [0, 0.05) is 12.5 Å². The maximum atomic E-state index is 5.49. The van der Waals surface area contributed by atoms with Crippen molar-refractivity contribution in [3.8, 4) is 0 Å². The van der Waals surface area contributed by atoms with Gasteiger partial charge < -0.3 is 37.9 Å². The van der Waals surface area contributed by atoms with Crippen molar-refractivity contribution in [3.05, 3.63) is 0 Å². The van der Waals surface area contributed by atoms with Crippen LogP contribution in [0.3, 0.4) is 0 Å². The van der Waals surface area contributed by atoms with E-state index in [1.54, 1.807) is 0 Å². The predicted molar refractivity (Wildman–Crippen MR) is 112 cm³/mol. The summed E-state index contributed by atoms with van der Waals surface area (Å²) in [6, 6.07) is 0. The molecule has 0 aliphatic carbocycles. The fraction of sp³-hybridized carbons (Fsp3) is 1.00. The molecule has 0 aromatic rings. The summed E-state index contributed by atoms with van der Waals surface area (Å²) in [5.74, 6) is 0.507. The van der Waals surface area contributed by atoms with E-state index >= 15 is 0 Å². The second-order valence-electron chi connectivity index (χ2n) is 5.94. The van der Waals surface area contributed by atoms with Gasteiger partial charge in [-0.2, -0.15) is 0 Å².